The van der Waals surface area contributed by atoms with Crippen LogP contribution in [0.4, 0.5) is 0 Å². The Morgan fingerprint density at radius 2 is 1.78 bits per heavy atom. The number of aryl methyl sites for hydroxylation is 1. The molecular weight excluding hydrogens is 308 g/mol. The molecule has 0 radical (unpaired) electrons. The Morgan fingerprint density at radius 3 is 2.35 bits per heavy atom. The number of amides is 1. The third kappa shape index (κ3) is 4.58. The van der Waals surface area contributed by atoms with Crippen LogP contribution in [0.5, 0.6) is 0 Å². The molecule has 0 saturated carbocycles. The lowest BCUT2D eigenvalue weighted by Crippen LogP contribution is -2.43. The van der Waals surface area contributed by atoms with Crippen LogP contribution < -0.4 is 0 Å². The number of nitrogens with zero attached hydrogens (tertiary/aromatic N) is 3. The van der Waals surface area contributed by atoms with Crippen molar-refractivity contribution in [3.05, 3.63) is 29.8 Å². The van der Waals surface area contributed by atoms with Crippen LogP contribution in [0.2, 0.25) is 0 Å². The summed E-state index contributed by atoms with van der Waals surface area (Å²) in [4.78, 5) is 18.7. The van der Waals surface area contributed by atoms with Gasteiger partial charge in [-0.25, -0.2) is 4.98 Å². The molecule has 0 spiro atoms. The molecule has 2 aromatic rings. The first kappa shape index (κ1) is 17.5. The molecule has 1 heterocycles. The van der Waals surface area contributed by atoms with Crippen molar-refractivity contribution in [2.24, 2.45) is 0 Å². The van der Waals surface area contributed by atoms with Crippen molar-refractivity contribution < 1.29 is 4.79 Å². The Hall–Kier alpha value is -1.82. The first-order valence-electron chi connectivity index (χ1n) is 7.82. The van der Waals surface area contributed by atoms with E-state index in [9.17, 15) is 4.79 Å². The molecule has 0 aliphatic carbocycles. The smallest absolute Gasteiger partial charge is 0.233 e. The molecular formula is C17H24N4OS. The predicted octanol–water partition coefficient (Wildman–Crippen LogP) is 3.52. The van der Waals surface area contributed by atoms with Gasteiger partial charge in [0.05, 0.1) is 5.75 Å². The number of hydrogen-bond donors (Lipinski definition) is 1. The Balaban J connectivity index is 1.99. The lowest BCUT2D eigenvalue weighted by atomic mass is 10.1. The van der Waals surface area contributed by atoms with Crippen LogP contribution in [0.1, 0.15) is 33.3 Å². The zero-order valence-electron chi connectivity index (χ0n) is 14.3. The largest absolute Gasteiger partial charge is 0.337 e. The van der Waals surface area contributed by atoms with Crippen molar-refractivity contribution >= 4 is 17.7 Å². The van der Waals surface area contributed by atoms with Crippen molar-refractivity contribution in [3.8, 4) is 11.4 Å². The average Bonchev–Trinajstić information content (AvgIpc) is 2.94. The van der Waals surface area contributed by atoms with Gasteiger partial charge in [-0.1, -0.05) is 41.6 Å². The Bertz CT molecular complexity index is 641. The fourth-order valence-corrected chi connectivity index (χ4v) is 3.19. The molecule has 5 nitrogen and oxygen atoms in total. The average molecular weight is 332 g/mol. The molecule has 0 aliphatic rings. The Labute approximate surface area is 141 Å². The van der Waals surface area contributed by atoms with E-state index in [1.165, 1.54) is 17.3 Å². The number of thioether (sulfide) groups is 1. The van der Waals surface area contributed by atoms with Crippen molar-refractivity contribution in [2.45, 2.75) is 51.9 Å². The van der Waals surface area contributed by atoms with Gasteiger partial charge in [0, 0.05) is 17.6 Å². The number of aromatic nitrogens is 3. The van der Waals surface area contributed by atoms with Crippen molar-refractivity contribution in [1.29, 1.82) is 0 Å². The van der Waals surface area contributed by atoms with Gasteiger partial charge in [-0.15, -0.1) is 5.10 Å². The number of carbonyl (C=O) groups excluding carboxylic acids is 1. The number of rotatable bonds is 6. The van der Waals surface area contributed by atoms with Gasteiger partial charge in [0.25, 0.3) is 0 Å². The molecule has 1 amide bonds. The first-order chi connectivity index (χ1) is 10.9. The maximum absolute atomic E-state index is 12.4. The van der Waals surface area contributed by atoms with Gasteiger partial charge in [0.15, 0.2) is 5.82 Å². The van der Waals surface area contributed by atoms with E-state index in [0.717, 1.165) is 11.4 Å². The number of H-pyrrole nitrogens is 1. The van der Waals surface area contributed by atoms with E-state index in [-0.39, 0.29) is 18.0 Å². The van der Waals surface area contributed by atoms with Crippen LogP contribution in [0.25, 0.3) is 11.4 Å². The summed E-state index contributed by atoms with van der Waals surface area (Å²) in [6.45, 7) is 10.2. The lowest BCUT2D eigenvalue weighted by Gasteiger charge is -2.30. The molecule has 124 valence electrons. The van der Waals surface area contributed by atoms with Crippen molar-refractivity contribution in [2.75, 3.05) is 5.75 Å². The summed E-state index contributed by atoms with van der Waals surface area (Å²) in [5.41, 5.74) is 2.20. The Morgan fingerprint density at radius 1 is 1.17 bits per heavy atom. The third-order valence-electron chi connectivity index (χ3n) is 3.52. The summed E-state index contributed by atoms with van der Waals surface area (Å²) in [5.74, 6) is 1.19. The highest BCUT2D eigenvalue weighted by atomic mass is 32.2. The number of aromatic amines is 1. The molecule has 0 saturated heterocycles. The summed E-state index contributed by atoms with van der Waals surface area (Å²) in [6.07, 6.45) is 0. The molecule has 1 aromatic carbocycles. The molecule has 1 N–H and O–H groups in total. The van der Waals surface area contributed by atoms with E-state index < -0.39 is 0 Å². The monoisotopic (exact) mass is 332 g/mol. The summed E-state index contributed by atoms with van der Waals surface area (Å²) in [5, 5.41) is 7.72. The molecule has 0 fully saturated rings. The van der Waals surface area contributed by atoms with Gasteiger partial charge < -0.3 is 4.90 Å². The summed E-state index contributed by atoms with van der Waals surface area (Å²) in [6, 6.07) is 8.48. The molecule has 0 atom stereocenters. The second-order valence-corrected chi connectivity index (χ2v) is 7.05. The molecule has 0 bridgehead atoms. The SMILES string of the molecule is Cc1ccc(-c2nc(SCC(=O)N(C(C)C)C(C)C)n[nH]2)cc1. The van der Waals surface area contributed by atoms with Crippen molar-refractivity contribution in [1.82, 2.24) is 20.1 Å². The number of nitrogens with one attached hydrogen (secondary N) is 1. The fraction of sp³-hybridized carbons (Fsp3) is 0.471. The first-order valence-corrected chi connectivity index (χ1v) is 8.80. The second kappa shape index (κ2) is 7.64. The van der Waals surface area contributed by atoms with Gasteiger partial charge in [0.2, 0.25) is 11.1 Å². The molecule has 0 unspecified atom stereocenters. The minimum atomic E-state index is 0.113. The molecule has 0 aliphatic heterocycles. The minimum absolute atomic E-state index is 0.113. The maximum atomic E-state index is 12.4. The lowest BCUT2D eigenvalue weighted by molar-refractivity contribution is -0.131. The van der Waals surface area contributed by atoms with Crippen molar-refractivity contribution in [3.63, 3.8) is 0 Å². The topological polar surface area (TPSA) is 61.9 Å². The highest BCUT2D eigenvalue weighted by Crippen LogP contribution is 2.20. The van der Waals surface area contributed by atoms with Gasteiger partial charge in [0.1, 0.15) is 0 Å². The second-order valence-electron chi connectivity index (χ2n) is 6.11. The fourth-order valence-electron chi connectivity index (χ4n) is 2.52. The third-order valence-corrected chi connectivity index (χ3v) is 4.35. The predicted molar refractivity (Wildman–Crippen MR) is 94.4 cm³/mol. The van der Waals surface area contributed by atoms with Crippen LogP contribution in [-0.4, -0.2) is 43.8 Å². The van der Waals surface area contributed by atoms with Gasteiger partial charge in [-0.05, 0) is 34.6 Å². The van der Waals surface area contributed by atoms with Crippen LogP contribution in [0.15, 0.2) is 29.4 Å². The molecule has 2 rings (SSSR count). The summed E-state index contributed by atoms with van der Waals surface area (Å²) < 4.78 is 0. The molecule has 6 heteroatoms. The standard InChI is InChI=1S/C17H24N4OS/c1-11(2)21(12(3)4)15(22)10-23-17-18-16(19-20-17)14-8-6-13(5)7-9-14/h6-9,11-12H,10H2,1-5H3,(H,18,19,20). The van der Waals surface area contributed by atoms with E-state index in [0.29, 0.717) is 10.9 Å². The van der Waals surface area contributed by atoms with E-state index >= 15 is 0 Å². The zero-order valence-corrected chi connectivity index (χ0v) is 15.1. The van der Waals surface area contributed by atoms with Crippen LogP contribution in [-0.2, 0) is 4.79 Å². The van der Waals surface area contributed by atoms with E-state index in [1.807, 2.05) is 63.8 Å². The minimum Gasteiger partial charge on any atom is -0.337 e. The Kier molecular flexibility index (Phi) is 5.82. The van der Waals surface area contributed by atoms with Crippen LogP contribution in [0, 0.1) is 6.92 Å². The number of hydrogen-bond acceptors (Lipinski definition) is 4. The molecule has 23 heavy (non-hydrogen) atoms. The van der Waals surface area contributed by atoms with Gasteiger partial charge in [-0.2, -0.15) is 0 Å². The molecule has 1 aromatic heterocycles. The highest BCUT2D eigenvalue weighted by molar-refractivity contribution is 7.99. The quantitative estimate of drug-likeness (QED) is 0.822. The summed E-state index contributed by atoms with van der Waals surface area (Å²) in [7, 11) is 0. The number of carbonyl (C=O) groups is 1. The van der Waals surface area contributed by atoms with Gasteiger partial charge in [-0.3, -0.25) is 9.89 Å². The van der Waals surface area contributed by atoms with E-state index in [1.54, 1.807) is 0 Å². The highest BCUT2D eigenvalue weighted by Gasteiger charge is 2.20. The van der Waals surface area contributed by atoms with E-state index in [2.05, 4.69) is 15.2 Å². The zero-order chi connectivity index (χ0) is 17.0. The van der Waals surface area contributed by atoms with E-state index in [4.69, 9.17) is 0 Å². The number of benzene rings is 1. The van der Waals surface area contributed by atoms with Crippen LogP contribution in [0.3, 0.4) is 0 Å². The summed E-state index contributed by atoms with van der Waals surface area (Å²) >= 11 is 1.37. The maximum Gasteiger partial charge on any atom is 0.233 e. The van der Waals surface area contributed by atoms with Crippen LogP contribution >= 0.6 is 11.8 Å². The van der Waals surface area contributed by atoms with Gasteiger partial charge >= 0.3 is 0 Å². The normalized spacial score (nSPS) is 11.3.